The lowest BCUT2D eigenvalue weighted by molar-refractivity contribution is -0.127. The minimum atomic E-state index is -0.0110. The number of furan rings is 1. The summed E-state index contributed by atoms with van der Waals surface area (Å²) in [6.45, 7) is 5.04. The highest BCUT2D eigenvalue weighted by Crippen LogP contribution is 2.07. The van der Waals surface area contributed by atoms with Crippen LogP contribution in [0.5, 0.6) is 0 Å². The van der Waals surface area contributed by atoms with Gasteiger partial charge in [0.05, 0.1) is 6.26 Å². The molecule has 0 unspecified atom stereocenters. The number of amides is 1. The molecule has 0 aliphatic carbocycles. The van der Waals surface area contributed by atoms with Crippen molar-refractivity contribution in [1.29, 1.82) is 0 Å². The molecule has 1 aromatic heterocycles. The molecule has 1 aliphatic rings. The Labute approximate surface area is 150 Å². The van der Waals surface area contributed by atoms with Gasteiger partial charge in [-0.1, -0.05) is 6.42 Å². The lowest BCUT2D eigenvalue weighted by Gasteiger charge is -2.26. The van der Waals surface area contributed by atoms with E-state index in [4.69, 9.17) is 4.42 Å². The summed E-state index contributed by atoms with van der Waals surface area (Å²) in [4.78, 5) is 20.2. The molecule has 1 aromatic rings. The van der Waals surface area contributed by atoms with E-state index in [-0.39, 0.29) is 12.5 Å². The number of nitrogens with one attached hydrogen (secondary N) is 2. The molecule has 0 atom stereocenters. The van der Waals surface area contributed by atoms with Crippen LogP contribution in [-0.4, -0.2) is 75.0 Å². The zero-order chi connectivity index (χ0) is 17.9. The molecule has 1 saturated heterocycles. The molecule has 0 bridgehead atoms. The number of piperidine rings is 1. The van der Waals surface area contributed by atoms with Crippen molar-refractivity contribution in [3.8, 4) is 0 Å². The van der Waals surface area contributed by atoms with Crippen molar-refractivity contribution in [2.24, 2.45) is 4.99 Å². The van der Waals surface area contributed by atoms with Crippen LogP contribution in [0.25, 0.3) is 0 Å². The zero-order valence-corrected chi connectivity index (χ0v) is 15.5. The van der Waals surface area contributed by atoms with E-state index >= 15 is 0 Å². The highest BCUT2D eigenvalue weighted by atomic mass is 16.3. The van der Waals surface area contributed by atoms with E-state index in [0.29, 0.717) is 12.5 Å². The molecule has 1 fully saturated rings. The lowest BCUT2D eigenvalue weighted by atomic mass is 10.1. The standard InChI is InChI=1S/C18H31N5O2/c1-22(2)17(24)15-21-18(19-9-8-16-7-6-14-25-16)20-10-13-23-11-4-3-5-12-23/h6-7,14H,3-5,8-13,15H2,1-2H3,(H2,19,20,21). The Morgan fingerprint density at radius 2 is 2.00 bits per heavy atom. The minimum Gasteiger partial charge on any atom is -0.469 e. The molecule has 7 heteroatoms. The third-order valence-corrected chi connectivity index (χ3v) is 4.28. The second-order valence-electron chi connectivity index (χ2n) is 6.54. The van der Waals surface area contributed by atoms with E-state index in [9.17, 15) is 4.79 Å². The number of hydrogen-bond acceptors (Lipinski definition) is 4. The van der Waals surface area contributed by atoms with Gasteiger partial charge in [-0.2, -0.15) is 0 Å². The predicted molar refractivity (Wildman–Crippen MR) is 99.7 cm³/mol. The highest BCUT2D eigenvalue weighted by Gasteiger charge is 2.10. The van der Waals surface area contributed by atoms with Gasteiger partial charge in [0.15, 0.2) is 5.96 Å². The number of carbonyl (C=O) groups excluding carboxylic acids is 1. The quantitative estimate of drug-likeness (QED) is 0.540. The van der Waals surface area contributed by atoms with Crippen LogP contribution in [-0.2, 0) is 11.2 Å². The molecule has 0 spiro atoms. The summed E-state index contributed by atoms with van der Waals surface area (Å²) in [5.41, 5.74) is 0. The summed E-state index contributed by atoms with van der Waals surface area (Å²) < 4.78 is 5.34. The molecule has 0 radical (unpaired) electrons. The first kappa shape index (κ1) is 19.3. The lowest BCUT2D eigenvalue weighted by Crippen LogP contribution is -2.43. The van der Waals surface area contributed by atoms with Crippen LogP contribution < -0.4 is 10.6 Å². The average molecular weight is 349 g/mol. The summed E-state index contributed by atoms with van der Waals surface area (Å²) >= 11 is 0. The van der Waals surface area contributed by atoms with Crippen molar-refractivity contribution in [2.75, 3.05) is 53.4 Å². The van der Waals surface area contributed by atoms with E-state index < -0.39 is 0 Å². The van der Waals surface area contributed by atoms with Crippen molar-refractivity contribution in [3.05, 3.63) is 24.2 Å². The maximum atomic E-state index is 11.8. The molecule has 25 heavy (non-hydrogen) atoms. The van der Waals surface area contributed by atoms with Gasteiger partial charge >= 0.3 is 0 Å². The monoisotopic (exact) mass is 349 g/mol. The summed E-state index contributed by atoms with van der Waals surface area (Å²) in [6.07, 6.45) is 6.38. The Morgan fingerprint density at radius 3 is 2.68 bits per heavy atom. The number of hydrogen-bond donors (Lipinski definition) is 2. The second kappa shape index (κ2) is 10.8. The second-order valence-corrected chi connectivity index (χ2v) is 6.54. The third-order valence-electron chi connectivity index (χ3n) is 4.28. The molecule has 0 saturated carbocycles. The summed E-state index contributed by atoms with van der Waals surface area (Å²) in [5.74, 6) is 1.60. The van der Waals surface area contributed by atoms with E-state index in [1.807, 2.05) is 12.1 Å². The van der Waals surface area contributed by atoms with Crippen molar-refractivity contribution in [1.82, 2.24) is 20.4 Å². The number of guanidine groups is 1. The van der Waals surface area contributed by atoms with Gasteiger partial charge in [0.25, 0.3) is 0 Å². The molecule has 1 amide bonds. The van der Waals surface area contributed by atoms with E-state index in [2.05, 4.69) is 20.5 Å². The van der Waals surface area contributed by atoms with Gasteiger partial charge in [-0.25, -0.2) is 4.99 Å². The Kier molecular flexibility index (Phi) is 8.31. The first-order valence-corrected chi connectivity index (χ1v) is 9.12. The molecule has 0 aromatic carbocycles. The van der Waals surface area contributed by atoms with Gasteiger partial charge in [-0.05, 0) is 38.1 Å². The molecular formula is C18H31N5O2. The molecule has 7 nitrogen and oxygen atoms in total. The van der Waals surface area contributed by atoms with Crippen molar-refractivity contribution in [2.45, 2.75) is 25.7 Å². The highest BCUT2D eigenvalue weighted by molar-refractivity contribution is 5.84. The van der Waals surface area contributed by atoms with Crippen LogP contribution in [0.4, 0.5) is 0 Å². The van der Waals surface area contributed by atoms with E-state index in [1.165, 1.54) is 32.4 Å². The van der Waals surface area contributed by atoms with Crippen LogP contribution in [0.1, 0.15) is 25.0 Å². The Morgan fingerprint density at radius 1 is 1.24 bits per heavy atom. The summed E-state index contributed by atoms with van der Waals surface area (Å²) in [5, 5.41) is 6.62. The molecular weight excluding hydrogens is 318 g/mol. The Balaban J connectivity index is 1.77. The van der Waals surface area contributed by atoms with Crippen LogP contribution in [0.2, 0.25) is 0 Å². The first-order valence-electron chi connectivity index (χ1n) is 9.12. The van der Waals surface area contributed by atoms with Gasteiger partial charge in [-0.3, -0.25) is 4.79 Å². The molecule has 2 heterocycles. The Hall–Kier alpha value is -2.02. The maximum absolute atomic E-state index is 11.8. The smallest absolute Gasteiger partial charge is 0.243 e. The van der Waals surface area contributed by atoms with Crippen LogP contribution in [0.15, 0.2) is 27.8 Å². The van der Waals surface area contributed by atoms with Crippen LogP contribution >= 0.6 is 0 Å². The summed E-state index contributed by atoms with van der Waals surface area (Å²) in [7, 11) is 3.48. The van der Waals surface area contributed by atoms with Crippen LogP contribution in [0, 0.1) is 0 Å². The van der Waals surface area contributed by atoms with Crippen molar-refractivity contribution in [3.63, 3.8) is 0 Å². The number of carbonyl (C=O) groups is 1. The van der Waals surface area contributed by atoms with Crippen LogP contribution in [0.3, 0.4) is 0 Å². The molecule has 140 valence electrons. The largest absolute Gasteiger partial charge is 0.469 e. The first-order chi connectivity index (χ1) is 12.1. The molecule has 2 N–H and O–H groups in total. The van der Waals surface area contributed by atoms with Crippen molar-refractivity contribution >= 4 is 11.9 Å². The zero-order valence-electron chi connectivity index (χ0n) is 15.5. The Bertz CT molecular complexity index is 522. The number of aliphatic imine (C=N–C) groups is 1. The van der Waals surface area contributed by atoms with E-state index in [0.717, 1.165) is 25.3 Å². The fourth-order valence-corrected chi connectivity index (χ4v) is 2.74. The minimum absolute atomic E-state index is 0.0110. The topological polar surface area (TPSA) is 73.1 Å². The number of likely N-dealkylation sites (tertiary alicyclic amines) is 1. The normalized spacial score (nSPS) is 15.8. The SMILES string of the molecule is CN(C)C(=O)CN=C(NCCc1ccco1)NCCN1CCCCC1. The summed E-state index contributed by atoms with van der Waals surface area (Å²) in [6, 6.07) is 3.84. The van der Waals surface area contributed by atoms with Gasteiger partial charge in [0, 0.05) is 40.2 Å². The van der Waals surface area contributed by atoms with Crippen molar-refractivity contribution < 1.29 is 9.21 Å². The van der Waals surface area contributed by atoms with Gasteiger partial charge < -0.3 is 24.9 Å². The average Bonchev–Trinajstić information content (AvgIpc) is 3.13. The number of rotatable bonds is 8. The maximum Gasteiger partial charge on any atom is 0.243 e. The van der Waals surface area contributed by atoms with Gasteiger partial charge in [0.2, 0.25) is 5.91 Å². The molecule has 2 rings (SSSR count). The number of nitrogens with zero attached hydrogens (tertiary/aromatic N) is 3. The van der Waals surface area contributed by atoms with Gasteiger partial charge in [0.1, 0.15) is 12.3 Å². The molecule has 1 aliphatic heterocycles. The fraction of sp³-hybridized carbons (Fsp3) is 0.667. The van der Waals surface area contributed by atoms with Gasteiger partial charge in [-0.15, -0.1) is 0 Å². The van der Waals surface area contributed by atoms with E-state index in [1.54, 1.807) is 25.3 Å². The fourth-order valence-electron chi connectivity index (χ4n) is 2.74. The predicted octanol–water partition coefficient (Wildman–Crippen LogP) is 0.931. The third kappa shape index (κ3) is 7.60. The number of likely N-dealkylation sites (N-methyl/N-ethyl adjacent to an activating group) is 1.